The molecule has 0 saturated carbocycles. The average Bonchev–Trinajstić information content (AvgIpc) is 3.24. The van der Waals surface area contributed by atoms with E-state index in [1.165, 1.54) is 0 Å². The van der Waals surface area contributed by atoms with Crippen molar-refractivity contribution in [1.29, 1.82) is 0 Å². The molecule has 1 atom stereocenters. The lowest BCUT2D eigenvalue weighted by molar-refractivity contribution is 0.0980. The maximum absolute atomic E-state index is 13.3. The van der Waals surface area contributed by atoms with E-state index in [1.807, 2.05) is 29.8 Å². The van der Waals surface area contributed by atoms with Crippen molar-refractivity contribution < 1.29 is 9.59 Å². The van der Waals surface area contributed by atoms with Crippen LogP contribution < -0.4 is 10.6 Å². The molecule has 1 aliphatic carbocycles. The largest absolute Gasteiger partial charge is 0.388 e. The minimum atomic E-state index is -0.139. The number of carbonyl (C=O) groups excluding carboxylic acids is 2. The Morgan fingerprint density at radius 2 is 1.63 bits per heavy atom. The molecule has 0 bridgehead atoms. The van der Waals surface area contributed by atoms with Crippen LogP contribution in [0.1, 0.15) is 51.4 Å². The number of nitrogens with one attached hydrogen (secondary N) is 2. The molecule has 0 aliphatic heterocycles. The molecule has 0 saturated heterocycles. The Kier molecular flexibility index (Phi) is 4.24. The maximum Gasteiger partial charge on any atom is 0.196 e. The zero-order valence-corrected chi connectivity index (χ0v) is 15.2. The minimum absolute atomic E-state index is 0.0721. The van der Waals surface area contributed by atoms with Crippen LogP contribution in [0, 0.1) is 0 Å². The van der Waals surface area contributed by atoms with Gasteiger partial charge in [-0.1, -0.05) is 31.2 Å². The first-order valence-corrected chi connectivity index (χ1v) is 8.92. The first-order valence-electron chi connectivity index (χ1n) is 8.92. The van der Waals surface area contributed by atoms with Gasteiger partial charge in [-0.05, 0) is 18.6 Å². The van der Waals surface area contributed by atoms with Crippen LogP contribution in [-0.2, 0) is 0 Å². The van der Waals surface area contributed by atoms with Crippen LogP contribution in [0.15, 0.2) is 55.1 Å². The van der Waals surface area contributed by atoms with Gasteiger partial charge in [0.25, 0.3) is 0 Å². The van der Waals surface area contributed by atoms with Crippen LogP contribution in [0.2, 0.25) is 0 Å². The molecule has 27 heavy (non-hydrogen) atoms. The molecule has 3 aromatic rings. The zero-order valence-electron chi connectivity index (χ0n) is 15.2. The molecule has 0 radical (unpaired) electrons. The van der Waals surface area contributed by atoms with Crippen LogP contribution in [0.4, 0.5) is 11.4 Å². The van der Waals surface area contributed by atoms with Crippen LogP contribution >= 0.6 is 0 Å². The zero-order chi connectivity index (χ0) is 19.0. The molecule has 0 spiro atoms. The van der Waals surface area contributed by atoms with Crippen LogP contribution in [-0.4, -0.2) is 28.2 Å². The van der Waals surface area contributed by atoms with Gasteiger partial charge < -0.3 is 15.2 Å². The number of nitrogens with zero attached hydrogens (tertiary/aromatic N) is 2. The van der Waals surface area contributed by atoms with Gasteiger partial charge in [0.15, 0.2) is 11.6 Å². The highest BCUT2D eigenvalue weighted by molar-refractivity contribution is 6.31. The van der Waals surface area contributed by atoms with E-state index in [-0.39, 0.29) is 17.7 Å². The van der Waals surface area contributed by atoms with E-state index in [4.69, 9.17) is 0 Å². The normalized spacial score (nSPS) is 13.7. The van der Waals surface area contributed by atoms with Gasteiger partial charge in [-0.25, -0.2) is 4.98 Å². The Morgan fingerprint density at radius 3 is 2.19 bits per heavy atom. The molecule has 136 valence electrons. The summed E-state index contributed by atoms with van der Waals surface area (Å²) in [5.41, 5.74) is 3.04. The Bertz CT molecular complexity index is 1020. The fraction of sp³-hybridized carbons (Fsp3) is 0.190. The summed E-state index contributed by atoms with van der Waals surface area (Å²) >= 11 is 0. The topological polar surface area (TPSA) is 76.0 Å². The Labute approximate surface area is 157 Å². The number of aromatic nitrogens is 2. The second kappa shape index (κ2) is 6.72. The highest BCUT2D eigenvalue weighted by Crippen LogP contribution is 2.37. The third-order valence-electron chi connectivity index (χ3n) is 4.94. The number of anilines is 2. The van der Waals surface area contributed by atoms with Gasteiger partial charge in [-0.2, -0.15) is 0 Å². The van der Waals surface area contributed by atoms with Gasteiger partial charge in [0.1, 0.15) is 6.17 Å². The summed E-state index contributed by atoms with van der Waals surface area (Å²) in [6.45, 7) is 2.05. The summed E-state index contributed by atoms with van der Waals surface area (Å²) in [6, 6.07) is 10.7. The molecule has 1 heterocycles. The van der Waals surface area contributed by atoms with Gasteiger partial charge in [0.05, 0.1) is 17.5 Å². The maximum atomic E-state index is 13.3. The summed E-state index contributed by atoms with van der Waals surface area (Å²) in [5, 5.41) is 6.46. The van der Waals surface area contributed by atoms with Gasteiger partial charge in [0.2, 0.25) is 0 Å². The smallest absolute Gasteiger partial charge is 0.196 e. The lowest BCUT2D eigenvalue weighted by Gasteiger charge is -2.26. The number of benzene rings is 2. The second-order valence-corrected chi connectivity index (χ2v) is 6.44. The van der Waals surface area contributed by atoms with Crippen molar-refractivity contribution in [3.05, 3.63) is 77.4 Å². The number of rotatable bonds is 5. The van der Waals surface area contributed by atoms with Gasteiger partial charge in [0, 0.05) is 41.9 Å². The van der Waals surface area contributed by atoms with E-state index in [0.717, 1.165) is 6.42 Å². The molecule has 0 fully saturated rings. The molecule has 1 aliphatic rings. The van der Waals surface area contributed by atoms with Crippen LogP contribution in [0.3, 0.4) is 0 Å². The third-order valence-corrected chi connectivity index (χ3v) is 4.94. The van der Waals surface area contributed by atoms with Crippen LogP contribution in [0.25, 0.3) is 0 Å². The van der Waals surface area contributed by atoms with Crippen molar-refractivity contribution in [2.45, 2.75) is 19.5 Å². The lowest BCUT2D eigenvalue weighted by atomic mass is 9.82. The summed E-state index contributed by atoms with van der Waals surface area (Å²) in [6.07, 6.45) is 6.04. The SMILES string of the molecule is CCC(Nc1ccc(NC)c2c1C(=O)c1ccccc1C2=O)n1ccnc1. The van der Waals surface area contributed by atoms with Crippen LogP contribution in [0.5, 0.6) is 0 Å². The van der Waals surface area contributed by atoms with Crippen molar-refractivity contribution in [2.75, 3.05) is 17.7 Å². The Morgan fingerprint density at radius 1 is 1.00 bits per heavy atom. The fourth-order valence-electron chi connectivity index (χ4n) is 3.57. The number of fused-ring (bicyclic) bond motifs is 2. The van der Waals surface area contributed by atoms with Gasteiger partial charge >= 0.3 is 0 Å². The molecule has 1 unspecified atom stereocenters. The first-order chi connectivity index (χ1) is 13.2. The molecule has 6 nitrogen and oxygen atoms in total. The van der Waals surface area contributed by atoms with E-state index in [2.05, 4.69) is 15.6 Å². The highest BCUT2D eigenvalue weighted by atomic mass is 16.1. The summed E-state index contributed by atoms with van der Waals surface area (Å²) in [4.78, 5) is 30.5. The molecule has 0 amide bonds. The predicted octanol–water partition coefficient (Wildman–Crippen LogP) is 3.72. The summed E-state index contributed by atoms with van der Waals surface area (Å²) < 4.78 is 1.95. The Balaban J connectivity index is 1.86. The second-order valence-electron chi connectivity index (χ2n) is 6.44. The van der Waals surface area contributed by atoms with Crippen molar-refractivity contribution in [3.8, 4) is 0 Å². The van der Waals surface area contributed by atoms with Gasteiger partial charge in [-0.3, -0.25) is 9.59 Å². The fourth-order valence-corrected chi connectivity index (χ4v) is 3.57. The molecular weight excluding hydrogens is 340 g/mol. The minimum Gasteiger partial charge on any atom is -0.388 e. The quantitative estimate of drug-likeness (QED) is 0.567. The first kappa shape index (κ1) is 17.0. The monoisotopic (exact) mass is 360 g/mol. The van der Waals surface area contributed by atoms with E-state index in [9.17, 15) is 9.59 Å². The van der Waals surface area contributed by atoms with Crippen molar-refractivity contribution in [1.82, 2.24) is 9.55 Å². The number of imidazole rings is 1. The summed E-state index contributed by atoms with van der Waals surface area (Å²) in [7, 11) is 1.75. The van der Waals surface area contributed by atoms with E-state index >= 15 is 0 Å². The van der Waals surface area contributed by atoms with E-state index < -0.39 is 0 Å². The molecular formula is C21H20N4O2. The van der Waals surface area contributed by atoms with Crippen molar-refractivity contribution in [3.63, 3.8) is 0 Å². The third kappa shape index (κ3) is 2.70. The van der Waals surface area contributed by atoms with Crippen molar-refractivity contribution >= 4 is 22.9 Å². The highest BCUT2D eigenvalue weighted by Gasteiger charge is 2.34. The van der Waals surface area contributed by atoms with Crippen molar-refractivity contribution in [2.24, 2.45) is 0 Å². The number of hydrogen-bond donors (Lipinski definition) is 2. The van der Waals surface area contributed by atoms with E-state index in [0.29, 0.717) is 33.6 Å². The Hall–Kier alpha value is -3.41. The number of hydrogen-bond acceptors (Lipinski definition) is 5. The molecule has 6 heteroatoms. The van der Waals surface area contributed by atoms with Gasteiger partial charge in [-0.15, -0.1) is 0 Å². The lowest BCUT2D eigenvalue weighted by Crippen LogP contribution is -2.25. The molecule has 2 N–H and O–H groups in total. The van der Waals surface area contributed by atoms with E-state index in [1.54, 1.807) is 43.8 Å². The molecule has 1 aromatic heterocycles. The standard InChI is InChI=1S/C21H20N4O2/c1-3-17(25-11-10-23-12-25)24-16-9-8-15(22-2)18-19(16)21(27)14-7-5-4-6-13(14)20(18)26/h4-12,17,22,24H,3H2,1-2H3. The predicted molar refractivity (Wildman–Crippen MR) is 104 cm³/mol. The molecule has 4 rings (SSSR count). The number of ketones is 2. The molecule has 2 aromatic carbocycles. The average molecular weight is 360 g/mol. The number of carbonyl (C=O) groups is 2. The summed E-state index contributed by atoms with van der Waals surface area (Å²) in [5.74, 6) is -0.274.